The van der Waals surface area contributed by atoms with Gasteiger partial charge in [-0.3, -0.25) is 19.7 Å². The van der Waals surface area contributed by atoms with Crippen LogP contribution in [0.4, 0.5) is 4.79 Å². The summed E-state index contributed by atoms with van der Waals surface area (Å²) in [6, 6.07) is 12.9. The molecule has 3 aliphatic heterocycles. The molecule has 2 N–H and O–H groups in total. The van der Waals surface area contributed by atoms with E-state index < -0.39 is 18.0 Å². The number of hydrogen-bond donors (Lipinski definition) is 2. The highest BCUT2D eigenvalue weighted by Gasteiger charge is 2.39. The summed E-state index contributed by atoms with van der Waals surface area (Å²) in [5.41, 5.74) is 3.47. The number of piperidine rings is 1. The minimum atomic E-state index is -0.856. The van der Waals surface area contributed by atoms with Crippen LogP contribution in [0.3, 0.4) is 0 Å². The Kier molecular flexibility index (Phi) is 6.63. The van der Waals surface area contributed by atoms with E-state index in [2.05, 4.69) is 17.4 Å². The third-order valence-corrected chi connectivity index (χ3v) is 7.39. The zero-order valence-electron chi connectivity index (χ0n) is 19.9. The Balaban J connectivity index is 1.23. The number of nitrogens with zero attached hydrogens (tertiary/aromatic N) is 2. The zero-order chi connectivity index (χ0) is 25.2. The molecule has 2 fully saturated rings. The Hall–Kier alpha value is -3.88. The van der Waals surface area contributed by atoms with E-state index >= 15 is 0 Å². The van der Waals surface area contributed by atoms with Crippen LogP contribution in [0.25, 0.3) is 0 Å². The maximum Gasteiger partial charge on any atom is 0.407 e. The number of hydrogen-bond acceptors (Lipinski definition) is 5. The highest BCUT2D eigenvalue weighted by atomic mass is 16.5. The Morgan fingerprint density at radius 2 is 1.78 bits per heavy atom. The third-order valence-electron chi connectivity index (χ3n) is 7.39. The Morgan fingerprint density at radius 3 is 2.50 bits per heavy atom. The first-order valence-electron chi connectivity index (χ1n) is 12.4. The van der Waals surface area contributed by atoms with Gasteiger partial charge in [0.15, 0.2) is 0 Å². The average Bonchev–Trinajstić information content (AvgIpc) is 3.12. The second-order valence-electron chi connectivity index (χ2n) is 9.61. The molecule has 4 amide bonds. The number of carbonyl (C=O) groups is 4. The molecule has 2 aromatic carbocycles. The second kappa shape index (κ2) is 10.0. The summed E-state index contributed by atoms with van der Waals surface area (Å²) in [5, 5.41) is 11.5. The summed E-state index contributed by atoms with van der Waals surface area (Å²) < 4.78 is 6.11. The fourth-order valence-electron chi connectivity index (χ4n) is 5.33. The Bertz CT molecular complexity index is 1190. The smallest absolute Gasteiger partial charge is 0.407 e. The lowest BCUT2D eigenvalue weighted by Gasteiger charge is -2.30. The van der Waals surface area contributed by atoms with Crippen molar-refractivity contribution < 1.29 is 29.0 Å². The van der Waals surface area contributed by atoms with Gasteiger partial charge in [0, 0.05) is 30.6 Å². The quantitative estimate of drug-likeness (QED) is 0.620. The molecule has 5 rings (SSSR count). The maximum absolute atomic E-state index is 13.1. The van der Waals surface area contributed by atoms with E-state index in [9.17, 15) is 19.2 Å². The number of imide groups is 1. The highest BCUT2D eigenvalue weighted by molar-refractivity contribution is 6.04. The van der Waals surface area contributed by atoms with Crippen LogP contribution >= 0.6 is 0 Å². The number of nitrogens with one attached hydrogen (secondary N) is 1. The van der Waals surface area contributed by atoms with Crippen LogP contribution in [0.2, 0.25) is 0 Å². The summed E-state index contributed by atoms with van der Waals surface area (Å²) in [7, 11) is 0. The number of amides is 4. The molecule has 9 heteroatoms. The number of rotatable bonds is 5. The van der Waals surface area contributed by atoms with Crippen molar-refractivity contribution >= 4 is 23.8 Å². The molecule has 1 atom stereocenters. The standard InChI is InChI=1S/C27H29N3O6/c31-24-6-2-4-22(25(32)28-24)30-15-21-20(26(30)33)3-1-5-23(21)36-16-17-7-9-18(10-8-17)19-11-13-29(14-12-19)27(34)35/h1,3,5,7-10,19,22H,2,4,6,11-16H2,(H,34,35)(H,28,31,32). The van der Waals surface area contributed by atoms with E-state index in [-0.39, 0.29) is 24.8 Å². The molecule has 2 aromatic rings. The van der Waals surface area contributed by atoms with E-state index in [1.807, 2.05) is 18.2 Å². The van der Waals surface area contributed by atoms with Crippen LogP contribution < -0.4 is 10.1 Å². The summed E-state index contributed by atoms with van der Waals surface area (Å²) in [6.45, 7) is 1.71. The Labute approximate surface area is 209 Å². The van der Waals surface area contributed by atoms with Crippen LogP contribution in [0.1, 0.15) is 65.1 Å². The predicted octanol–water partition coefficient (Wildman–Crippen LogP) is 3.27. The van der Waals surface area contributed by atoms with Crippen molar-refractivity contribution in [1.82, 2.24) is 15.1 Å². The van der Waals surface area contributed by atoms with E-state index in [4.69, 9.17) is 9.84 Å². The topological polar surface area (TPSA) is 116 Å². The van der Waals surface area contributed by atoms with Crippen molar-refractivity contribution in [3.63, 3.8) is 0 Å². The van der Waals surface area contributed by atoms with Gasteiger partial charge >= 0.3 is 6.09 Å². The van der Waals surface area contributed by atoms with Gasteiger partial charge in [0.05, 0.1) is 6.54 Å². The molecule has 0 aromatic heterocycles. The van der Waals surface area contributed by atoms with Gasteiger partial charge < -0.3 is 19.6 Å². The SMILES string of the molecule is O=C1CCCC(N2Cc3c(OCc4ccc(C5CCN(C(=O)O)CC5)cc4)cccc3C2=O)C(=O)N1. The van der Waals surface area contributed by atoms with Gasteiger partial charge in [-0.2, -0.15) is 0 Å². The highest BCUT2D eigenvalue weighted by Crippen LogP contribution is 2.34. The molecule has 0 aliphatic carbocycles. The number of likely N-dealkylation sites (tertiary alicyclic amines) is 1. The molecular formula is C27H29N3O6. The number of ether oxygens (including phenoxy) is 1. The summed E-state index contributed by atoms with van der Waals surface area (Å²) in [4.78, 5) is 51.4. The van der Waals surface area contributed by atoms with Gasteiger partial charge in [-0.1, -0.05) is 30.3 Å². The predicted molar refractivity (Wildman–Crippen MR) is 129 cm³/mol. The lowest BCUT2D eigenvalue weighted by molar-refractivity contribution is -0.132. The molecule has 9 nitrogen and oxygen atoms in total. The van der Waals surface area contributed by atoms with Crippen LogP contribution in [0, 0.1) is 0 Å². The van der Waals surface area contributed by atoms with Gasteiger partial charge in [0.25, 0.3) is 5.91 Å². The van der Waals surface area contributed by atoms with Crippen molar-refractivity contribution in [2.75, 3.05) is 13.1 Å². The van der Waals surface area contributed by atoms with Crippen LogP contribution in [0.15, 0.2) is 42.5 Å². The minimum absolute atomic E-state index is 0.219. The van der Waals surface area contributed by atoms with Crippen molar-refractivity contribution in [3.8, 4) is 5.75 Å². The van der Waals surface area contributed by atoms with E-state index in [0.717, 1.165) is 24.0 Å². The van der Waals surface area contributed by atoms with Crippen LogP contribution in [0.5, 0.6) is 5.75 Å². The summed E-state index contributed by atoms with van der Waals surface area (Å²) >= 11 is 0. The Morgan fingerprint density at radius 1 is 1.03 bits per heavy atom. The molecule has 3 aliphatic rings. The fourth-order valence-corrected chi connectivity index (χ4v) is 5.33. The molecule has 2 saturated heterocycles. The molecule has 188 valence electrons. The third kappa shape index (κ3) is 4.78. The first kappa shape index (κ1) is 23.8. The molecule has 0 spiro atoms. The normalized spacial score (nSPS) is 20.7. The second-order valence-corrected chi connectivity index (χ2v) is 9.61. The largest absolute Gasteiger partial charge is 0.489 e. The first-order chi connectivity index (χ1) is 17.4. The van der Waals surface area contributed by atoms with Crippen LogP contribution in [-0.4, -0.2) is 57.9 Å². The summed E-state index contributed by atoms with van der Waals surface area (Å²) in [5.74, 6) is 0.0190. The number of carbonyl (C=O) groups excluding carboxylic acids is 3. The van der Waals surface area contributed by atoms with E-state index in [0.29, 0.717) is 49.8 Å². The van der Waals surface area contributed by atoms with Gasteiger partial charge in [-0.15, -0.1) is 0 Å². The van der Waals surface area contributed by atoms with Gasteiger partial charge in [-0.05, 0) is 54.9 Å². The summed E-state index contributed by atoms with van der Waals surface area (Å²) in [6.07, 6.45) is 2.07. The van der Waals surface area contributed by atoms with Gasteiger partial charge in [-0.25, -0.2) is 4.79 Å². The average molecular weight is 492 g/mol. The van der Waals surface area contributed by atoms with E-state index in [1.165, 1.54) is 15.4 Å². The molecule has 0 bridgehead atoms. The lowest BCUT2D eigenvalue weighted by atomic mass is 9.89. The van der Waals surface area contributed by atoms with Crippen molar-refractivity contribution in [1.29, 1.82) is 0 Å². The molecule has 0 radical (unpaired) electrons. The lowest BCUT2D eigenvalue weighted by Crippen LogP contribution is -2.46. The van der Waals surface area contributed by atoms with E-state index in [1.54, 1.807) is 12.1 Å². The van der Waals surface area contributed by atoms with Gasteiger partial charge in [0.1, 0.15) is 18.4 Å². The fraction of sp³-hybridized carbons (Fsp3) is 0.407. The minimum Gasteiger partial charge on any atom is -0.489 e. The molecule has 3 heterocycles. The molecule has 0 saturated carbocycles. The zero-order valence-corrected chi connectivity index (χ0v) is 19.9. The van der Waals surface area contributed by atoms with Crippen LogP contribution in [-0.2, 0) is 22.7 Å². The van der Waals surface area contributed by atoms with Crippen molar-refractivity contribution in [2.45, 2.75) is 57.2 Å². The number of carboxylic acid groups (broad SMARTS) is 1. The molecule has 36 heavy (non-hydrogen) atoms. The molecular weight excluding hydrogens is 462 g/mol. The number of benzene rings is 2. The van der Waals surface area contributed by atoms with Gasteiger partial charge in [0.2, 0.25) is 11.8 Å². The van der Waals surface area contributed by atoms with Crippen molar-refractivity contribution in [2.24, 2.45) is 0 Å². The number of fused-ring (bicyclic) bond motifs is 1. The molecule has 1 unspecified atom stereocenters. The first-order valence-corrected chi connectivity index (χ1v) is 12.4. The maximum atomic E-state index is 13.1. The monoisotopic (exact) mass is 491 g/mol. The van der Waals surface area contributed by atoms with Crippen molar-refractivity contribution in [3.05, 3.63) is 64.7 Å².